The van der Waals surface area contributed by atoms with Crippen LogP contribution >= 0.6 is 49.6 Å². The molecule has 160 valence electrons. The van der Waals surface area contributed by atoms with E-state index in [4.69, 9.17) is 22.3 Å². The summed E-state index contributed by atoms with van der Waals surface area (Å²) < 4.78 is 0. The number of nitrogens with two attached hydrogens (primary N) is 2. The third-order valence-electron chi connectivity index (χ3n) is 4.02. The Bertz CT molecular complexity index is 1120. The van der Waals surface area contributed by atoms with Crippen molar-refractivity contribution in [3.63, 3.8) is 0 Å². The number of nitrogens with one attached hydrogen (secondary N) is 4. The normalized spacial score (nSPS) is 10.0. The fraction of sp³-hybridized carbons (Fsp3) is 0. The van der Waals surface area contributed by atoms with Crippen LogP contribution in [0, 0.1) is 10.8 Å². The summed E-state index contributed by atoms with van der Waals surface area (Å²) in [5.41, 5.74) is 15.5. The lowest BCUT2D eigenvalue weighted by Crippen LogP contribution is -2.10. The molecule has 0 fully saturated rings. The molecule has 12 heteroatoms. The summed E-state index contributed by atoms with van der Waals surface area (Å²) >= 11 is 0. The molecule has 0 saturated carbocycles. The lowest BCUT2D eigenvalue weighted by molar-refractivity contribution is 1.27. The van der Waals surface area contributed by atoms with Crippen molar-refractivity contribution in [1.82, 2.24) is 19.9 Å². The van der Waals surface area contributed by atoms with E-state index in [0.717, 1.165) is 22.1 Å². The minimum Gasteiger partial charge on any atom is -0.384 e. The predicted molar refractivity (Wildman–Crippen MR) is 132 cm³/mol. The summed E-state index contributed by atoms with van der Waals surface area (Å²) in [6.07, 6.45) is 3.63. The van der Waals surface area contributed by atoms with E-state index in [2.05, 4.69) is 19.9 Å². The zero-order valence-corrected chi connectivity index (χ0v) is 18.6. The highest BCUT2D eigenvalue weighted by Crippen LogP contribution is 2.17. The SMILES string of the molecule is Cl.Cl.Cl.Cl.N=C(N)c1ccc2nc(/C=C/c3nc4ccc(C(=N)N)cc4[nH]3)[nH]c2c1. The van der Waals surface area contributed by atoms with Gasteiger partial charge in [0, 0.05) is 11.1 Å². The van der Waals surface area contributed by atoms with Gasteiger partial charge in [-0.1, -0.05) is 0 Å². The maximum absolute atomic E-state index is 7.50. The highest BCUT2D eigenvalue weighted by atomic mass is 35.5. The summed E-state index contributed by atoms with van der Waals surface area (Å²) in [6, 6.07) is 10.8. The number of rotatable bonds is 4. The second-order valence-electron chi connectivity index (χ2n) is 5.87. The molecule has 0 spiro atoms. The first-order valence-electron chi connectivity index (χ1n) is 7.86. The number of fused-ring (bicyclic) bond motifs is 2. The van der Waals surface area contributed by atoms with E-state index >= 15 is 0 Å². The Hall–Kier alpha value is -2.78. The number of benzene rings is 2. The molecule has 0 aliphatic carbocycles. The second kappa shape index (κ2) is 10.8. The Balaban J connectivity index is 0.00000210. The minimum atomic E-state index is 0. The molecule has 30 heavy (non-hydrogen) atoms. The average Bonchev–Trinajstić information content (AvgIpc) is 3.21. The summed E-state index contributed by atoms with van der Waals surface area (Å²) in [5.74, 6) is 1.38. The number of H-pyrrole nitrogens is 2. The van der Waals surface area contributed by atoms with Gasteiger partial charge in [-0.3, -0.25) is 10.8 Å². The number of aromatic nitrogens is 4. The van der Waals surface area contributed by atoms with Crippen LogP contribution in [0.25, 0.3) is 34.2 Å². The van der Waals surface area contributed by atoms with Crippen LogP contribution in [0.15, 0.2) is 36.4 Å². The third kappa shape index (κ3) is 5.43. The van der Waals surface area contributed by atoms with E-state index < -0.39 is 0 Å². The lowest BCUT2D eigenvalue weighted by atomic mass is 10.2. The van der Waals surface area contributed by atoms with Crippen LogP contribution in [0.3, 0.4) is 0 Å². The van der Waals surface area contributed by atoms with Gasteiger partial charge in [-0.15, -0.1) is 49.6 Å². The number of halogens is 4. The molecule has 0 atom stereocenters. The van der Waals surface area contributed by atoms with Crippen molar-refractivity contribution in [2.75, 3.05) is 0 Å². The summed E-state index contributed by atoms with van der Waals surface area (Å²) in [6.45, 7) is 0. The number of hydrogen-bond acceptors (Lipinski definition) is 4. The highest BCUT2D eigenvalue weighted by Gasteiger charge is 2.05. The van der Waals surface area contributed by atoms with Gasteiger partial charge in [0.2, 0.25) is 0 Å². The molecule has 0 amide bonds. The van der Waals surface area contributed by atoms with Gasteiger partial charge >= 0.3 is 0 Å². The van der Waals surface area contributed by atoms with Crippen LogP contribution in [0.2, 0.25) is 0 Å². The Morgan fingerprint density at radius 1 is 0.700 bits per heavy atom. The van der Waals surface area contributed by atoms with Crippen LogP contribution < -0.4 is 11.5 Å². The molecule has 0 bridgehead atoms. The van der Waals surface area contributed by atoms with E-state index in [1.807, 2.05) is 24.3 Å². The van der Waals surface area contributed by atoms with Crippen LogP contribution in [-0.2, 0) is 0 Å². The first-order valence-corrected chi connectivity index (χ1v) is 7.86. The third-order valence-corrected chi connectivity index (χ3v) is 4.02. The summed E-state index contributed by atoms with van der Waals surface area (Å²) in [7, 11) is 0. The molecule has 8 N–H and O–H groups in total. The first kappa shape index (κ1) is 27.2. The Labute approximate surface area is 196 Å². The average molecular weight is 490 g/mol. The van der Waals surface area contributed by atoms with Crippen molar-refractivity contribution >= 4 is 95.5 Å². The fourth-order valence-electron chi connectivity index (χ4n) is 2.71. The second-order valence-corrected chi connectivity index (χ2v) is 5.87. The van der Waals surface area contributed by atoms with Crippen molar-refractivity contribution in [1.29, 1.82) is 10.8 Å². The maximum Gasteiger partial charge on any atom is 0.131 e. The molecular weight excluding hydrogens is 470 g/mol. The molecule has 2 heterocycles. The van der Waals surface area contributed by atoms with Gasteiger partial charge in [-0.2, -0.15) is 0 Å². The van der Waals surface area contributed by atoms with Crippen LogP contribution in [0.1, 0.15) is 22.8 Å². The van der Waals surface area contributed by atoms with Gasteiger partial charge in [0.1, 0.15) is 23.3 Å². The van der Waals surface area contributed by atoms with Crippen molar-refractivity contribution in [2.24, 2.45) is 11.5 Å². The Morgan fingerprint density at radius 2 is 1.07 bits per heavy atom. The van der Waals surface area contributed by atoms with Crippen molar-refractivity contribution in [3.05, 3.63) is 59.2 Å². The number of aromatic amines is 2. The topological polar surface area (TPSA) is 157 Å². The molecule has 2 aromatic carbocycles. The van der Waals surface area contributed by atoms with Crippen LogP contribution in [0.5, 0.6) is 0 Å². The molecule has 0 radical (unpaired) electrons. The van der Waals surface area contributed by atoms with Gasteiger partial charge in [-0.25, -0.2) is 9.97 Å². The number of imidazole rings is 2. The zero-order chi connectivity index (χ0) is 18.3. The van der Waals surface area contributed by atoms with Gasteiger partial charge in [0.05, 0.1) is 22.1 Å². The molecule has 8 nitrogen and oxygen atoms in total. The highest BCUT2D eigenvalue weighted by molar-refractivity contribution is 5.99. The number of nitrogens with zero attached hydrogens (tertiary/aromatic N) is 2. The zero-order valence-electron chi connectivity index (χ0n) is 15.3. The molecule has 4 rings (SSSR count). The molecular formula is C18H20Cl4N8. The van der Waals surface area contributed by atoms with Crippen molar-refractivity contribution in [2.45, 2.75) is 0 Å². The number of nitrogen functional groups attached to an aromatic ring is 2. The van der Waals surface area contributed by atoms with Gasteiger partial charge < -0.3 is 21.4 Å². The smallest absolute Gasteiger partial charge is 0.131 e. The molecule has 2 aromatic heterocycles. The summed E-state index contributed by atoms with van der Waals surface area (Å²) in [5, 5.41) is 15.0. The van der Waals surface area contributed by atoms with E-state index in [9.17, 15) is 0 Å². The fourth-order valence-corrected chi connectivity index (χ4v) is 2.71. The lowest BCUT2D eigenvalue weighted by Gasteiger charge is -1.96. The Kier molecular flexibility index (Phi) is 9.84. The maximum atomic E-state index is 7.50. The summed E-state index contributed by atoms with van der Waals surface area (Å²) in [4.78, 5) is 15.3. The van der Waals surface area contributed by atoms with E-state index in [-0.39, 0.29) is 61.3 Å². The quantitative estimate of drug-likeness (QED) is 0.190. The standard InChI is InChI=1S/C18H16N8.4ClH/c19-17(20)9-1-3-11-13(7-9)25-15(23-11)5-6-16-24-12-4-2-10(18(21)22)8-14(12)26-16;;;;/h1-8H,(H3,19,20)(H3,21,22)(H,23,25)(H,24,26);4*1H/b6-5+;;;;. The van der Waals surface area contributed by atoms with Gasteiger partial charge in [-0.05, 0) is 48.6 Å². The minimum absolute atomic E-state index is 0. The molecule has 0 aliphatic rings. The van der Waals surface area contributed by atoms with Crippen molar-refractivity contribution < 1.29 is 0 Å². The number of hydrogen-bond donors (Lipinski definition) is 6. The first-order chi connectivity index (χ1) is 12.5. The molecule has 0 saturated heterocycles. The van der Waals surface area contributed by atoms with E-state index in [1.54, 1.807) is 24.3 Å². The van der Waals surface area contributed by atoms with Gasteiger partial charge in [0.25, 0.3) is 0 Å². The van der Waals surface area contributed by atoms with Gasteiger partial charge in [0.15, 0.2) is 0 Å². The molecule has 4 aromatic rings. The van der Waals surface area contributed by atoms with Crippen molar-refractivity contribution in [3.8, 4) is 0 Å². The largest absolute Gasteiger partial charge is 0.384 e. The van der Waals surface area contributed by atoms with E-state index in [1.165, 1.54) is 0 Å². The molecule has 0 aliphatic heterocycles. The van der Waals surface area contributed by atoms with E-state index in [0.29, 0.717) is 22.8 Å². The Morgan fingerprint density at radius 3 is 1.40 bits per heavy atom. The predicted octanol–water partition coefficient (Wildman–Crippen LogP) is 3.86. The number of amidine groups is 2. The molecule has 0 unspecified atom stereocenters. The van der Waals surface area contributed by atoms with Crippen LogP contribution in [-0.4, -0.2) is 31.6 Å². The van der Waals surface area contributed by atoms with Crippen LogP contribution in [0.4, 0.5) is 0 Å². The monoisotopic (exact) mass is 488 g/mol.